The average molecular weight is 489 g/mol. The lowest BCUT2D eigenvalue weighted by molar-refractivity contribution is 0.0995. The Morgan fingerprint density at radius 1 is 0.686 bits per heavy atom. The zero-order valence-electron chi connectivity index (χ0n) is 22.7. The molecule has 0 spiro atoms. The van der Waals surface area contributed by atoms with Gasteiger partial charge in [0.1, 0.15) is 0 Å². The Balaban J connectivity index is 1.32. The van der Waals surface area contributed by atoms with E-state index in [4.69, 9.17) is 0 Å². The fourth-order valence-electron chi connectivity index (χ4n) is 10.1. The maximum atomic E-state index is 2.77. The second-order valence-electron chi connectivity index (χ2n) is 13.3. The molecule has 2 aromatic rings. The van der Waals surface area contributed by atoms with Gasteiger partial charge in [0, 0.05) is 5.25 Å². The molecule has 0 bridgehead atoms. The van der Waals surface area contributed by atoms with Crippen molar-refractivity contribution in [1.29, 1.82) is 0 Å². The van der Waals surface area contributed by atoms with E-state index in [2.05, 4.69) is 74.9 Å². The number of hydrogen-bond acceptors (Lipinski definition) is 0. The summed E-state index contributed by atoms with van der Waals surface area (Å²) in [6, 6.07) is 18.4. The highest BCUT2D eigenvalue weighted by Gasteiger charge is 2.54. The molecule has 6 rings (SSSR count). The second kappa shape index (κ2) is 9.59. The zero-order chi connectivity index (χ0) is 24.2. The monoisotopic (exact) mass is 488 g/mol. The van der Waals surface area contributed by atoms with E-state index in [9.17, 15) is 0 Å². The minimum absolute atomic E-state index is 0.766. The Morgan fingerprint density at radius 2 is 1.43 bits per heavy atom. The Bertz CT molecular complexity index is 1020. The van der Waals surface area contributed by atoms with Gasteiger partial charge in [-0.2, -0.15) is 0 Å². The highest BCUT2D eigenvalue weighted by molar-refractivity contribution is 8.33. The molecule has 4 aliphatic carbocycles. The second-order valence-corrected chi connectivity index (χ2v) is 17.4. The number of hydrogen-bond donors (Lipinski definition) is 0. The summed E-state index contributed by atoms with van der Waals surface area (Å²) in [5, 5.41) is 1.72. The van der Waals surface area contributed by atoms with Crippen molar-refractivity contribution >= 4 is 10.0 Å². The van der Waals surface area contributed by atoms with E-state index in [0.717, 1.165) is 46.0 Å². The van der Waals surface area contributed by atoms with Gasteiger partial charge < -0.3 is 0 Å². The maximum absolute atomic E-state index is 2.77. The first kappa shape index (κ1) is 24.1. The van der Waals surface area contributed by atoms with Crippen LogP contribution in [0.3, 0.4) is 0 Å². The average Bonchev–Trinajstić information content (AvgIpc) is 3.41. The van der Waals surface area contributed by atoms with Crippen LogP contribution in [-0.2, 0) is 6.42 Å². The molecule has 0 aromatic heterocycles. The first-order valence-electron chi connectivity index (χ1n) is 14.8. The summed E-state index contributed by atoms with van der Waals surface area (Å²) in [5.41, 5.74) is 6.29. The third kappa shape index (κ3) is 4.13. The van der Waals surface area contributed by atoms with E-state index in [0.29, 0.717) is 0 Å². The molecule has 0 radical (unpaired) electrons. The Labute approximate surface area is 217 Å². The molecular weight excluding hydrogens is 440 g/mol. The van der Waals surface area contributed by atoms with E-state index >= 15 is 0 Å². The number of rotatable bonds is 4. The fraction of sp³-hybridized carbons (Fsp3) is 0.647. The minimum Gasteiger partial charge on any atom is -0.236 e. The van der Waals surface area contributed by atoms with Crippen LogP contribution in [0.15, 0.2) is 48.5 Å². The smallest absolute Gasteiger partial charge is 0.0170 e. The van der Waals surface area contributed by atoms with Gasteiger partial charge in [-0.1, -0.05) is 101 Å². The molecule has 0 heterocycles. The molecule has 2 aromatic carbocycles. The van der Waals surface area contributed by atoms with Crippen LogP contribution >= 0.6 is 10.0 Å². The lowest BCUT2D eigenvalue weighted by Gasteiger charge is -2.52. The number of benzene rings is 2. The van der Waals surface area contributed by atoms with Crippen LogP contribution in [0.2, 0.25) is 0 Å². The third-order valence-electron chi connectivity index (χ3n) is 11.1. The van der Waals surface area contributed by atoms with Gasteiger partial charge in [0.2, 0.25) is 0 Å². The van der Waals surface area contributed by atoms with Gasteiger partial charge in [-0.05, 0) is 101 Å². The van der Waals surface area contributed by atoms with Crippen LogP contribution < -0.4 is 0 Å². The summed E-state index contributed by atoms with van der Waals surface area (Å²) in [7, 11) is -0.774. The van der Waals surface area contributed by atoms with Crippen LogP contribution in [0.25, 0.3) is 11.1 Å². The molecule has 7 unspecified atom stereocenters. The normalized spacial score (nSPS) is 36.1. The first-order valence-corrected chi connectivity index (χ1v) is 17.4. The molecule has 7 atom stereocenters. The van der Waals surface area contributed by atoms with Gasteiger partial charge >= 0.3 is 0 Å². The van der Waals surface area contributed by atoms with Crippen molar-refractivity contribution in [2.45, 2.75) is 88.6 Å². The van der Waals surface area contributed by atoms with Gasteiger partial charge in [-0.15, -0.1) is 0 Å². The van der Waals surface area contributed by atoms with Gasteiger partial charge in [-0.3, -0.25) is 0 Å². The van der Waals surface area contributed by atoms with E-state index in [1.54, 1.807) is 30.4 Å². The molecule has 0 aliphatic heterocycles. The van der Waals surface area contributed by atoms with E-state index in [1.807, 2.05) is 0 Å². The lowest BCUT2D eigenvalue weighted by Crippen LogP contribution is -2.37. The predicted octanol–water partition coefficient (Wildman–Crippen LogP) is 9.67. The summed E-state index contributed by atoms with van der Waals surface area (Å²) in [4.78, 5) is 0. The molecule has 0 saturated heterocycles. The van der Waals surface area contributed by atoms with Crippen LogP contribution in [0, 0.1) is 35.5 Å². The number of fused-ring (bicyclic) bond motifs is 2. The quantitative estimate of drug-likeness (QED) is 0.402. The molecular formula is C34H48S. The standard InChI is InChI=1S/C34H48S/c1-23-21-31-27(25-13-7-5-8-14-25)17-11-19-29(31)33(23)35(3,4)34-24(2)22-32-28(18-12-20-30(32)34)26-15-9-6-10-16-26/h5,7-8,11,13-14,17,19,23-24,26,28,30,32-34H,6,9-10,12,15-16,18,20-22H2,1-4H3. The predicted molar refractivity (Wildman–Crippen MR) is 155 cm³/mol. The van der Waals surface area contributed by atoms with Crippen LogP contribution in [-0.4, -0.2) is 17.8 Å². The Kier molecular flexibility index (Phi) is 6.61. The summed E-state index contributed by atoms with van der Waals surface area (Å²) in [6.07, 6.45) is 20.5. The SMILES string of the molecule is CC1Cc2c(-c3ccccc3)cccc2C1S(C)(C)C1C(C)CC2C(C3CCCCC3)CCCC21. The fourth-order valence-corrected chi connectivity index (χ4v) is 15.1. The van der Waals surface area contributed by atoms with Gasteiger partial charge in [-0.25, -0.2) is 10.0 Å². The molecule has 35 heavy (non-hydrogen) atoms. The van der Waals surface area contributed by atoms with Crippen molar-refractivity contribution in [3.05, 3.63) is 59.7 Å². The van der Waals surface area contributed by atoms with Crippen molar-refractivity contribution < 1.29 is 0 Å². The van der Waals surface area contributed by atoms with E-state index in [1.165, 1.54) is 56.1 Å². The Hall–Kier alpha value is -1.21. The molecule has 3 fully saturated rings. The first-order chi connectivity index (χ1) is 17.0. The summed E-state index contributed by atoms with van der Waals surface area (Å²) < 4.78 is 0. The lowest BCUT2D eigenvalue weighted by atomic mass is 9.65. The summed E-state index contributed by atoms with van der Waals surface area (Å²) in [5.74, 6) is 5.82. The molecule has 0 N–H and O–H groups in total. The van der Waals surface area contributed by atoms with Crippen molar-refractivity contribution in [3.63, 3.8) is 0 Å². The maximum Gasteiger partial charge on any atom is 0.0170 e. The van der Waals surface area contributed by atoms with Gasteiger partial charge in [0.25, 0.3) is 0 Å². The highest BCUT2D eigenvalue weighted by atomic mass is 32.3. The van der Waals surface area contributed by atoms with E-state index in [-0.39, 0.29) is 0 Å². The van der Waals surface area contributed by atoms with Crippen LogP contribution in [0.1, 0.15) is 88.0 Å². The molecule has 1 heteroatoms. The zero-order valence-corrected chi connectivity index (χ0v) is 23.5. The molecule has 3 saturated carbocycles. The van der Waals surface area contributed by atoms with Crippen molar-refractivity contribution in [2.24, 2.45) is 35.5 Å². The molecule has 0 nitrogen and oxygen atoms in total. The van der Waals surface area contributed by atoms with Crippen molar-refractivity contribution in [1.82, 2.24) is 0 Å². The molecule has 0 amide bonds. The van der Waals surface area contributed by atoms with Crippen LogP contribution in [0.5, 0.6) is 0 Å². The van der Waals surface area contributed by atoms with Crippen LogP contribution in [0.4, 0.5) is 0 Å². The van der Waals surface area contributed by atoms with E-state index < -0.39 is 10.0 Å². The molecule has 4 aliphatic rings. The Morgan fingerprint density at radius 3 is 2.20 bits per heavy atom. The largest absolute Gasteiger partial charge is 0.236 e. The van der Waals surface area contributed by atoms with Crippen molar-refractivity contribution in [3.8, 4) is 11.1 Å². The van der Waals surface area contributed by atoms with Crippen molar-refractivity contribution in [2.75, 3.05) is 12.5 Å². The topological polar surface area (TPSA) is 0 Å². The minimum atomic E-state index is -0.774. The highest BCUT2D eigenvalue weighted by Crippen LogP contribution is 2.72. The van der Waals surface area contributed by atoms with Gasteiger partial charge in [0.05, 0.1) is 0 Å². The van der Waals surface area contributed by atoms with Gasteiger partial charge in [0.15, 0.2) is 0 Å². The molecule has 190 valence electrons. The summed E-state index contributed by atoms with van der Waals surface area (Å²) in [6.45, 7) is 5.24. The summed E-state index contributed by atoms with van der Waals surface area (Å²) >= 11 is 0. The third-order valence-corrected chi connectivity index (χ3v) is 15.3.